The van der Waals surface area contributed by atoms with E-state index in [9.17, 15) is 0 Å². The topological polar surface area (TPSA) is 0 Å². The molecule has 1 atom stereocenters. The Hall–Kier alpha value is -1.60. The summed E-state index contributed by atoms with van der Waals surface area (Å²) in [5, 5.41) is 3.31. The van der Waals surface area contributed by atoms with E-state index in [1.54, 1.807) is 15.9 Å². The summed E-state index contributed by atoms with van der Waals surface area (Å²) in [5.41, 5.74) is 1.59. The van der Waals surface area contributed by atoms with Gasteiger partial charge in [0.2, 0.25) is 0 Å². The predicted octanol–water partition coefficient (Wildman–Crippen LogP) is 3.70. The second kappa shape index (κ2) is 5.80. The molecule has 0 radical (unpaired) electrons. The average molecular weight is 278 g/mol. The van der Waals surface area contributed by atoms with Crippen LogP contribution in [0.3, 0.4) is 0 Å². The number of hydrogen-bond donors (Lipinski definition) is 0. The summed E-state index contributed by atoms with van der Waals surface area (Å²) >= 11 is 0. The zero-order chi connectivity index (χ0) is 13.8. The van der Waals surface area contributed by atoms with E-state index in [1.165, 1.54) is 24.9 Å². The Morgan fingerprint density at radius 2 is 1.70 bits per heavy atom. The van der Waals surface area contributed by atoms with Gasteiger partial charge in [0.15, 0.2) is 0 Å². The number of unbranched alkanes of at least 4 members (excludes halogenated alkanes) is 2. The van der Waals surface area contributed by atoms with Crippen molar-refractivity contribution in [2.45, 2.75) is 31.4 Å². The van der Waals surface area contributed by atoms with E-state index in [1.807, 2.05) is 6.08 Å². The third kappa shape index (κ3) is 2.27. The highest BCUT2D eigenvalue weighted by Gasteiger charge is 2.45. The third-order valence-corrected chi connectivity index (χ3v) is 9.76. The molecule has 102 valence electrons. The molecule has 0 nitrogen and oxygen atoms in total. The van der Waals surface area contributed by atoms with Gasteiger partial charge in [-0.25, -0.2) is 0 Å². The summed E-state index contributed by atoms with van der Waals surface area (Å²) in [7, 11) is -1.42. The summed E-state index contributed by atoms with van der Waals surface area (Å²) in [6.45, 7) is 3.83. The Labute approximate surface area is 123 Å². The van der Waals surface area contributed by atoms with Crippen molar-refractivity contribution in [3.8, 4) is 0 Å². The van der Waals surface area contributed by atoms with Crippen LogP contribution in [0.5, 0.6) is 0 Å². The molecule has 0 spiro atoms. The van der Waals surface area contributed by atoms with Crippen LogP contribution in [-0.2, 0) is 6.04 Å². The third-order valence-electron chi connectivity index (χ3n) is 4.61. The molecule has 0 fully saturated rings. The van der Waals surface area contributed by atoms with Gasteiger partial charge in [0, 0.05) is 0 Å². The van der Waals surface area contributed by atoms with Gasteiger partial charge in [0.1, 0.15) is 8.07 Å². The smallest absolute Gasteiger partial charge is 0.103 e. The standard InChI is InChI=1S/C19H22Si/c1-2-3-4-10-15-20(18-12-6-5-7-13-18)16-17-11-8-9-14-19(17)20/h2,5-9,11-14H,1,3-4,10,15-16H2. The first-order valence-electron chi connectivity index (χ1n) is 7.62. The molecule has 0 aliphatic carbocycles. The van der Waals surface area contributed by atoms with Gasteiger partial charge in [-0.2, -0.15) is 0 Å². The molecule has 2 aromatic carbocycles. The Balaban J connectivity index is 1.88. The minimum Gasteiger partial charge on any atom is -0.103 e. The SMILES string of the molecule is C=CCCCC[Si]1(c2ccccc2)Cc2ccccc21. The Kier molecular flexibility index (Phi) is 3.88. The van der Waals surface area contributed by atoms with Crippen molar-refractivity contribution in [1.29, 1.82) is 0 Å². The molecule has 1 heteroatoms. The van der Waals surface area contributed by atoms with E-state index in [2.05, 4.69) is 61.2 Å². The normalized spacial score (nSPS) is 20.0. The van der Waals surface area contributed by atoms with E-state index in [4.69, 9.17) is 0 Å². The van der Waals surface area contributed by atoms with E-state index >= 15 is 0 Å². The van der Waals surface area contributed by atoms with Crippen LogP contribution in [0, 0.1) is 0 Å². The Bertz CT molecular complexity index is 588. The lowest BCUT2D eigenvalue weighted by Crippen LogP contribution is -2.68. The first kappa shape index (κ1) is 13.4. The number of fused-ring (bicyclic) bond motifs is 1. The lowest BCUT2D eigenvalue weighted by molar-refractivity contribution is 0.802. The van der Waals surface area contributed by atoms with Gasteiger partial charge in [-0.1, -0.05) is 89.5 Å². The second-order valence-electron chi connectivity index (χ2n) is 5.82. The molecule has 2 aromatic rings. The van der Waals surface area contributed by atoms with Crippen LogP contribution in [0.25, 0.3) is 0 Å². The van der Waals surface area contributed by atoms with Gasteiger partial charge < -0.3 is 0 Å². The molecule has 1 unspecified atom stereocenters. The van der Waals surface area contributed by atoms with Crippen molar-refractivity contribution >= 4 is 18.4 Å². The lowest BCUT2D eigenvalue weighted by atomic mass is 10.2. The molecule has 1 aliphatic heterocycles. The van der Waals surface area contributed by atoms with Crippen LogP contribution >= 0.6 is 0 Å². The Morgan fingerprint density at radius 1 is 0.950 bits per heavy atom. The molecule has 0 bridgehead atoms. The highest BCUT2D eigenvalue weighted by molar-refractivity contribution is 7.05. The number of allylic oxidation sites excluding steroid dienone is 1. The summed E-state index contributed by atoms with van der Waals surface area (Å²) in [4.78, 5) is 0. The molecule has 0 amide bonds. The molecule has 1 aliphatic rings. The van der Waals surface area contributed by atoms with Crippen molar-refractivity contribution in [2.75, 3.05) is 0 Å². The van der Waals surface area contributed by atoms with Crippen LogP contribution in [-0.4, -0.2) is 8.07 Å². The molecule has 3 rings (SSSR count). The van der Waals surface area contributed by atoms with E-state index < -0.39 is 8.07 Å². The van der Waals surface area contributed by atoms with E-state index in [0.717, 1.165) is 6.42 Å². The highest BCUT2D eigenvalue weighted by Crippen LogP contribution is 2.28. The highest BCUT2D eigenvalue weighted by atomic mass is 28.3. The molecular weight excluding hydrogens is 256 g/mol. The molecule has 0 saturated heterocycles. The van der Waals surface area contributed by atoms with Crippen LogP contribution in [0.2, 0.25) is 6.04 Å². The van der Waals surface area contributed by atoms with Gasteiger partial charge in [0.25, 0.3) is 0 Å². The number of benzene rings is 2. The molecule has 0 aromatic heterocycles. The fourth-order valence-electron chi connectivity index (χ4n) is 3.55. The summed E-state index contributed by atoms with van der Waals surface area (Å²) in [5.74, 6) is 0. The van der Waals surface area contributed by atoms with Crippen LogP contribution in [0.15, 0.2) is 67.3 Å². The average Bonchev–Trinajstić information content (AvgIpc) is 2.49. The quantitative estimate of drug-likeness (QED) is 0.429. The zero-order valence-corrected chi connectivity index (χ0v) is 13.0. The fourth-order valence-corrected chi connectivity index (χ4v) is 8.54. The van der Waals surface area contributed by atoms with Crippen molar-refractivity contribution in [1.82, 2.24) is 0 Å². The minimum absolute atomic E-state index is 1.15. The monoisotopic (exact) mass is 278 g/mol. The zero-order valence-electron chi connectivity index (χ0n) is 12.0. The van der Waals surface area contributed by atoms with Crippen molar-refractivity contribution < 1.29 is 0 Å². The maximum absolute atomic E-state index is 3.83. The number of rotatable bonds is 6. The maximum Gasteiger partial charge on any atom is 0.122 e. The van der Waals surface area contributed by atoms with Crippen molar-refractivity contribution in [2.24, 2.45) is 0 Å². The molecule has 1 heterocycles. The number of hydrogen-bond acceptors (Lipinski definition) is 0. The van der Waals surface area contributed by atoms with E-state index in [-0.39, 0.29) is 0 Å². The minimum atomic E-state index is -1.42. The van der Waals surface area contributed by atoms with Crippen LogP contribution < -0.4 is 10.4 Å². The maximum atomic E-state index is 3.83. The second-order valence-corrected chi connectivity index (χ2v) is 9.95. The van der Waals surface area contributed by atoms with Gasteiger partial charge in [0.05, 0.1) is 0 Å². The first-order chi connectivity index (χ1) is 9.87. The van der Waals surface area contributed by atoms with Gasteiger partial charge in [-0.3, -0.25) is 0 Å². The molecule has 0 saturated carbocycles. The predicted molar refractivity (Wildman–Crippen MR) is 90.5 cm³/mol. The van der Waals surface area contributed by atoms with Gasteiger partial charge in [-0.15, -0.1) is 6.58 Å². The summed E-state index contributed by atoms with van der Waals surface area (Å²) < 4.78 is 0. The largest absolute Gasteiger partial charge is 0.122 e. The summed E-state index contributed by atoms with van der Waals surface area (Å²) in [6.07, 6.45) is 5.82. The van der Waals surface area contributed by atoms with Crippen molar-refractivity contribution in [3.05, 3.63) is 72.8 Å². The van der Waals surface area contributed by atoms with Crippen LogP contribution in [0.4, 0.5) is 0 Å². The Morgan fingerprint density at radius 3 is 2.45 bits per heavy atom. The summed E-state index contributed by atoms with van der Waals surface area (Å²) in [6, 6.07) is 23.1. The van der Waals surface area contributed by atoms with Gasteiger partial charge >= 0.3 is 0 Å². The molecular formula is C19H22Si. The molecule has 20 heavy (non-hydrogen) atoms. The van der Waals surface area contributed by atoms with Crippen LogP contribution in [0.1, 0.15) is 24.8 Å². The van der Waals surface area contributed by atoms with E-state index in [0.29, 0.717) is 0 Å². The lowest BCUT2D eigenvalue weighted by Gasteiger charge is -2.43. The van der Waals surface area contributed by atoms with Gasteiger partial charge in [-0.05, 0) is 18.5 Å². The first-order valence-corrected chi connectivity index (χ1v) is 10.0. The van der Waals surface area contributed by atoms with Crippen molar-refractivity contribution in [3.63, 3.8) is 0 Å². The molecule has 0 N–H and O–H groups in total. The fraction of sp³-hybridized carbons (Fsp3) is 0.263.